The fraction of sp³-hybridized carbons (Fsp3) is 1.00. The van der Waals surface area contributed by atoms with E-state index in [1.54, 1.807) is 6.92 Å². The van der Waals surface area contributed by atoms with Crippen molar-refractivity contribution in [2.24, 2.45) is 46.8 Å². The summed E-state index contributed by atoms with van der Waals surface area (Å²) in [5, 5.41) is 20.2. The molecule has 0 aromatic heterocycles. The Morgan fingerprint density at radius 2 is 1.57 bits per heavy atom. The summed E-state index contributed by atoms with van der Waals surface area (Å²) in [7, 11) is 0. The second-order valence-electron chi connectivity index (χ2n) is 11.1. The second-order valence-corrected chi connectivity index (χ2v) is 11.1. The van der Waals surface area contributed by atoms with Crippen molar-refractivity contribution in [1.82, 2.24) is 0 Å². The highest BCUT2D eigenvalue weighted by atomic mass is 19.4. The maximum absolute atomic E-state index is 13.4. The van der Waals surface area contributed by atoms with Crippen LogP contribution < -0.4 is 0 Å². The van der Waals surface area contributed by atoms with E-state index in [2.05, 4.69) is 6.92 Å². The van der Waals surface area contributed by atoms with Crippen LogP contribution >= 0.6 is 0 Å². The average molecular weight is 439 g/mol. The largest absolute Gasteiger partial charge is 0.417 e. The molecule has 10 atom stereocenters. The molecule has 0 amide bonds. The molecule has 4 saturated carbocycles. The Labute approximate surface area is 175 Å². The number of aliphatic hydroxyl groups is 2. The summed E-state index contributed by atoms with van der Waals surface area (Å²) >= 11 is 0. The van der Waals surface area contributed by atoms with Gasteiger partial charge in [-0.2, -0.15) is 13.2 Å². The summed E-state index contributed by atoms with van der Waals surface area (Å²) < 4.78 is 66.3. The third-order valence-corrected chi connectivity index (χ3v) is 10.0. The van der Waals surface area contributed by atoms with Gasteiger partial charge in [-0.25, -0.2) is 8.78 Å². The van der Waals surface area contributed by atoms with Crippen molar-refractivity contribution in [2.75, 3.05) is 0 Å². The molecule has 4 aliphatic rings. The van der Waals surface area contributed by atoms with Gasteiger partial charge in [-0.05, 0) is 105 Å². The van der Waals surface area contributed by atoms with Crippen molar-refractivity contribution in [3.05, 3.63) is 0 Å². The Balaban J connectivity index is 1.49. The third kappa shape index (κ3) is 3.41. The first-order valence-electron chi connectivity index (χ1n) is 11.6. The van der Waals surface area contributed by atoms with Gasteiger partial charge in [0, 0.05) is 0 Å². The molecule has 0 aromatic carbocycles. The number of hydrogen-bond acceptors (Lipinski definition) is 2. The Morgan fingerprint density at radius 3 is 2.20 bits per heavy atom. The normalized spacial score (nSPS) is 48.6. The molecule has 2 N–H and O–H groups in total. The maximum atomic E-state index is 13.4. The number of halogens is 5. The summed E-state index contributed by atoms with van der Waals surface area (Å²) in [5.41, 5.74) is -2.62. The number of alkyl halides is 5. The molecule has 0 unspecified atom stereocenters. The summed E-state index contributed by atoms with van der Waals surface area (Å²) in [4.78, 5) is 0. The van der Waals surface area contributed by atoms with Gasteiger partial charge in [0.05, 0.1) is 0 Å². The van der Waals surface area contributed by atoms with Crippen molar-refractivity contribution in [3.8, 4) is 0 Å². The number of fused-ring (bicyclic) bond motifs is 5. The molecule has 7 heteroatoms. The van der Waals surface area contributed by atoms with Gasteiger partial charge in [0.2, 0.25) is 0 Å². The smallest absolute Gasteiger partial charge is 0.387 e. The third-order valence-electron chi connectivity index (χ3n) is 10.0. The summed E-state index contributed by atoms with van der Waals surface area (Å²) in [6.45, 7) is 3.95. The first kappa shape index (κ1) is 22.8. The van der Waals surface area contributed by atoms with Crippen LogP contribution in [0.3, 0.4) is 0 Å². The summed E-state index contributed by atoms with van der Waals surface area (Å²) in [5.74, 6) is 0.984. The van der Waals surface area contributed by atoms with Crippen molar-refractivity contribution in [1.29, 1.82) is 0 Å². The Kier molecular flexibility index (Phi) is 5.74. The molecular formula is C23H35F5O2. The lowest BCUT2D eigenvalue weighted by Gasteiger charge is -2.57. The molecule has 0 aliphatic heterocycles. The van der Waals surface area contributed by atoms with Gasteiger partial charge in [0.25, 0.3) is 6.43 Å². The zero-order valence-corrected chi connectivity index (χ0v) is 17.8. The van der Waals surface area contributed by atoms with E-state index in [-0.39, 0.29) is 36.0 Å². The first-order chi connectivity index (χ1) is 13.9. The lowest BCUT2D eigenvalue weighted by atomic mass is 9.48. The molecule has 4 aliphatic carbocycles. The van der Waals surface area contributed by atoms with Gasteiger partial charge in [0.1, 0.15) is 6.10 Å². The highest BCUT2D eigenvalue weighted by Crippen LogP contribution is 2.66. The lowest BCUT2D eigenvalue weighted by Crippen LogP contribution is -2.55. The minimum atomic E-state index is -4.57. The highest BCUT2D eigenvalue weighted by Gasteiger charge is 2.62. The molecule has 4 fully saturated rings. The topological polar surface area (TPSA) is 40.5 Å². The molecule has 2 nitrogen and oxygen atoms in total. The molecule has 30 heavy (non-hydrogen) atoms. The van der Waals surface area contributed by atoms with Gasteiger partial charge in [-0.3, -0.25) is 0 Å². The van der Waals surface area contributed by atoms with Crippen LogP contribution in [0.15, 0.2) is 0 Å². The van der Waals surface area contributed by atoms with Gasteiger partial charge >= 0.3 is 6.18 Å². The molecule has 174 valence electrons. The van der Waals surface area contributed by atoms with Crippen molar-refractivity contribution in [2.45, 2.75) is 95.9 Å². The molecule has 0 aromatic rings. The van der Waals surface area contributed by atoms with E-state index >= 15 is 0 Å². The van der Waals surface area contributed by atoms with E-state index in [0.717, 1.165) is 38.5 Å². The predicted molar refractivity (Wildman–Crippen MR) is 103 cm³/mol. The van der Waals surface area contributed by atoms with E-state index in [1.807, 2.05) is 0 Å². The van der Waals surface area contributed by atoms with Gasteiger partial charge in [-0.1, -0.05) is 13.8 Å². The SMILES string of the molecule is C[C@@H]([C@H]1CC[C@H]2[C@@H]3CC[C@@H]4C[C@@](O)(C(F)(F)F)CC[C@@H]4[C@H]3CC[C@]12C)[C@@H](O)C(F)F. The molecule has 0 heterocycles. The van der Waals surface area contributed by atoms with Crippen LogP contribution in [-0.2, 0) is 0 Å². The Hall–Kier alpha value is -0.430. The van der Waals surface area contributed by atoms with Crippen LogP contribution in [0.25, 0.3) is 0 Å². The fourth-order valence-corrected chi connectivity index (χ4v) is 8.51. The lowest BCUT2D eigenvalue weighted by molar-refractivity contribution is -0.282. The predicted octanol–water partition coefficient (Wildman–Crippen LogP) is 5.81. The zero-order valence-electron chi connectivity index (χ0n) is 17.8. The van der Waals surface area contributed by atoms with Gasteiger partial charge in [0.15, 0.2) is 5.60 Å². The fourth-order valence-electron chi connectivity index (χ4n) is 8.51. The maximum Gasteiger partial charge on any atom is 0.417 e. The number of hydrogen-bond donors (Lipinski definition) is 2. The van der Waals surface area contributed by atoms with E-state index in [1.165, 1.54) is 0 Å². The van der Waals surface area contributed by atoms with Gasteiger partial charge < -0.3 is 10.2 Å². The summed E-state index contributed by atoms with van der Waals surface area (Å²) in [6, 6.07) is 0. The van der Waals surface area contributed by atoms with E-state index in [0.29, 0.717) is 24.2 Å². The van der Waals surface area contributed by atoms with E-state index < -0.39 is 30.2 Å². The van der Waals surface area contributed by atoms with Crippen LogP contribution in [0.5, 0.6) is 0 Å². The van der Waals surface area contributed by atoms with Crippen LogP contribution in [-0.4, -0.2) is 34.5 Å². The Bertz CT molecular complexity index is 640. The molecule has 4 rings (SSSR count). The van der Waals surface area contributed by atoms with Crippen LogP contribution in [0.2, 0.25) is 0 Å². The summed E-state index contributed by atoms with van der Waals surface area (Å²) in [6.07, 6.45) is -3.63. The van der Waals surface area contributed by atoms with E-state index in [9.17, 15) is 32.2 Å². The molecule has 0 spiro atoms. The van der Waals surface area contributed by atoms with Gasteiger partial charge in [-0.15, -0.1) is 0 Å². The quantitative estimate of drug-likeness (QED) is 0.546. The first-order valence-corrected chi connectivity index (χ1v) is 11.6. The second kappa shape index (κ2) is 7.57. The minimum absolute atomic E-state index is 0.0619. The standard InChI is InChI=1S/C23H35F5O2/c1-12(19(29)20(24)25)17-5-6-18-16-4-3-13-11-22(30,23(26,27)28)10-8-14(13)15(16)7-9-21(17,18)2/h12-20,29-30H,3-11H2,1-2H3/t12-,13+,14-,15+,16+,17+,18-,19+,21+,22+/m0/s1. The molecular weight excluding hydrogens is 403 g/mol. The van der Waals surface area contributed by atoms with Crippen LogP contribution in [0.4, 0.5) is 22.0 Å². The van der Waals surface area contributed by atoms with Crippen molar-refractivity contribution in [3.63, 3.8) is 0 Å². The zero-order chi connectivity index (χ0) is 22.1. The van der Waals surface area contributed by atoms with Crippen molar-refractivity contribution < 1.29 is 32.2 Å². The highest BCUT2D eigenvalue weighted by molar-refractivity contribution is 5.08. The number of aliphatic hydroxyl groups excluding tert-OH is 1. The van der Waals surface area contributed by atoms with Crippen LogP contribution in [0.1, 0.15) is 71.6 Å². The molecule has 0 radical (unpaired) electrons. The van der Waals surface area contributed by atoms with Crippen molar-refractivity contribution >= 4 is 0 Å². The molecule has 0 saturated heterocycles. The minimum Gasteiger partial charge on any atom is -0.387 e. The van der Waals surface area contributed by atoms with Crippen LogP contribution in [0, 0.1) is 46.8 Å². The average Bonchev–Trinajstić information content (AvgIpc) is 3.02. The monoisotopic (exact) mass is 438 g/mol. The Morgan fingerprint density at radius 1 is 0.900 bits per heavy atom. The molecule has 0 bridgehead atoms. The van der Waals surface area contributed by atoms with E-state index in [4.69, 9.17) is 0 Å². The number of rotatable bonds is 3.